The molecule has 1 saturated carbocycles. The van der Waals surface area contributed by atoms with Gasteiger partial charge in [-0.25, -0.2) is 0 Å². The van der Waals surface area contributed by atoms with Crippen molar-refractivity contribution >= 4 is 5.78 Å². The molecule has 0 radical (unpaired) electrons. The Bertz CT molecular complexity index is 441. The summed E-state index contributed by atoms with van der Waals surface area (Å²) >= 11 is 0. The van der Waals surface area contributed by atoms with Crippen molar-refractivity contribution in [1.29, 1.82) is 0 Å². The lowest BCUT2D eigenvalue weighted by Crippen LogP contribution is -2.07. The van der Waals surface area contributed by atoms with Crippen LogP contribution >= 0.6 is 0 Å². The molecule has 2 aliphatic rings. The lowest BCUT2D eigenvalue weighted by molar-refractivity contribution is 0.0994. The van der Waals surface area contributed by atoms with Crippen LogP contribution in [0.1, 0.15) is 66.4 Å². The fourth-order valence-electron chi connectivity index (χ4n) is 3.51. The molecule has 0 saturated heterocycles. The van der Waals surface area contributed by atoms with Crippen molar-refractivity contribution in [2.45, 2.75) is 57.8 Å². The van der Waals surface area contributed by atoms with Crippen LogP contribution < -0.4 is 0 Å². The molecule has 0 amide bonds. The molecule has 1 fully saturated rings. The number of carbonyl (C=O) groups is 1. The Balaban J connectivity index is 1.61. The number of hydrogen-bond acceptors (Lipinski definition) is 1. The molecule has 1 nitrogen and oxygen atoms in total. The van der Waals surface area contributed by atoms with Crippen LogP contribution in [0.2, 0.25) is 0 Å². The maximum absolute atomic E-state index is 11.6. The molecular formula is C17H22O. The molecule has 2 aliphatic carbocycles. The summed E-state index contributed by atoms with van der Waals surface area (Å²) in [5.41, 5.74) is 3.71. The first-order valence-electron chi connectivity index (χ1n) is 7.48. The molecular weight excluding hydrogens is 220 g/mol. The normalized spacial score (nSPS) is 20.1. The lowest BCUT2D eigenvalue weighted by atomic mass is 9.85. The molecule has 1 aromatic rings. The largest absolute Gasteiger partial charge is 0.294 e. The highest BCUT2D eigenvalue weighted by molar-refractivity contribution is 6.00. The Kier molecular flexibility index (Phi) is 3.49. The molecule has 0 N–H and O–H groups in total. The van der Waals surface area contributed by atoms with E-state index in [1.807, 2.05) is 0 Å². The van der Waals surface area contributed by atoms with Crippen LogP contribution in [0, 0.1) is 5.92 Å². The summed E-state index contributed by atoms with van der Waals surface area (Å²) < 4.78 is 0. The summed E-state index contributed by atoms with van der Waals surface area (Å²) in [6.07, 6.45) is 11.4. The van der Waals surface area contributed by atoms with Gasteiger partial charge in [0.05, 0.1) is 0 Å². The summed E-state index contributed by atoms with van der Waals surface area (Å²) in [5.74, 6) is 1.29. The van der Waals surface area contributed by atoms with E-state index in [2.05, 4.69) is 18.2 Å². The van der Waals surface area contributed by atoms with E-state index in [0.29, 0.717) is 5.78 Å². The molecule has 1 heteroatoms. The van der Waals surface area contributed by atoms with Gasteiger partial charge in [0.15, 0.2) is 5.78 Å². The number of hydrogen-bond donors (Lipinski definition) is 0. The van der Waals surface area contributed by atoms with Gasteiger partial charge < -0.3 is 0 Å². The Morgan fingerprint density at radius 1 is 1.06 bits per heavy atom. The first kappa shape index (κ1) is 12.0. The Hall–Kier alpha value is -1.11. The minimum absolute atomic E-state index is 0.337. The van der Waals surface area contributed by atoms with Crippen molar-refractivity contribution in [2.24, 2.45) is 5.92 Å². The molecule has 0 heterocycles. The van der Waals surface area contributed by atoms with Gasteiger partial charge in [0.1, 0.15) is 0 Å². The number of carbonyl (C=O) groups excluding carboxylic acids is 1. The van der Waals surface area contributed by atoms with Gasteiger partial charge in [-0.2, -0.15) is 0 Å². The smallest absolute Gasteiger partial charge is 0.163 e. The summed E-state index contributed by atoms with van der Waals surface area (Å²) in [7, 11) is 0. The predicted octanol–water partition coefficient (Wildman–Crippen LogP) is 4.33. The second kappa shape index (κ2) is 5.26. The molecule has 18 heavy (non-hydrogen) atoms. The number of benzene rings is 1. The molecule has 3 rings (SSSR count). The monoisotopic (exact) mass is 242 g/mol. The minimum Gasteiger partial charge on any atom is -0.294 e. The van der Waals surface area contributed by atoms with Crippen LogP contribution in [0.4, 0.5) is 0 Å². The second-order valence-electron chi connectivity index (χ2n) is 5.96. The van der Waals surface area contributed by atoms with E-state index in [-0.39, 0.29) is 0 Å². The number of rotatable bonds is 3. The number of fused-ring (bicyclic) bond motifs is 1. The van der Waals surface area contributed by atoms with Gasteiger partial charge in [-0.3, -0.25) is 4.79 Å². The highest BCUT2D eigenvalue weighted by atomic mass is 16.1. The van der Waals surface area contributed by atoms with Gasteiger partial charge >= 0.3 is 0 Å². The lowest BCUT2D eigenvalue weighted by Gasteiger charge is -2.21. The van der Waals surface area contributed by atoms with Crippen molar-refractivity contribution in [1.82, 2.24) is 0 Å². The summed E-state index contributed by atoms with van der Waals surface area (Å²) in [4.78, 5) is 11.6. The topological polar surface area (TPSA) is 17.1 Å². The third-order valence-corrected chi connectivity index (χ3v) is 4.66. The average Bonchev–Trinajstić information content (AvgIpc) is 2.79. The summed E-state index contributed by atoms with van der Waals surface area (Å²) in [6, 6.07) is 6.51. The van der Waals surface area contributed by atoms with Crippen LogP contribution in [-0.4, -0.2) is 5.78 Å². The standard InChI is InChI=1S/C17H22O/c18-17-11-9-15-12-14(8-10-16(15)17)7-6-13-4-2-1-3-5-13/h8,10,12-13H,1-7,9,11H2. The van der Waals surface area contributed by atoms with Gasteiger partial charge in [0, 0.05) is 12.0 Å². The van der Waals surface area contributed by atoms with Crippen molar-refractivity contribution in [3.8, 4) is 0 Å². The van der Waals surface area contributed by atoms with Crippen LogP contribution in [-0.2, 0) is 12.8 Å². The molecule has 96 valence electrons. The zero-order chi connectivity index (χ0) is 12.4. The van der Waals surface area contributed by atoms with Gasteiger partial charge in [0.2, 0.25) is 0 Å². The molecule has 0 unspecified atom stereocenters. The molecule has 0 spiro atoms. The van der Waals surface area contributed by atoms with E-state index >= 15 is 0 Å². The number of ketones is 1. The SMILES string of the molecule is O=C1CCc2cc(CCC3CCCCC3)ccc21. The van der Waals surface area contributed by atoms with Crippen molar-refractivity contribution in [2.75, 3.05) is 0 Å². The Morgan fingerprint density at radius 2 is 1.89 bits per heavy atom. The molecule has 0 aromatic heterocycles. The molecule has 0 bridgehead atoms. The van der Waals surface area contributed by atoms with E-state index in [9.17, 15) is 4.79 Å². The third-order valence-electron chi connectivity index (χ3n) is 4.66. The first-order chi connectivity index (χ1) is 8.83. The van der Waals surface area contributed by atoms with Crippen LogP contribution in [0.15, 0.2) is 18.2 Å². The van der Waals surface area contributed by atoms with Gasteiger partial charge in [0.25, 0.3) is 0 Å². The van der Waals surface area contributed by atoms with Crippen LogP contribution in [0.3, 0.4) is 0 Å². The number of aryl methyl sites for hydroxylation is 2. The van der Waals surface area contributed by atoms with Crippen LogP contribution in [0.5, 0.6) is 0 Å². The Labute approximate surface area is 110 Å². The number of Topliss-reactive ketones (excluding diaryl/α,β-unsaturated/α-hetero) is 1. The zero-order valence-electron chi connectivity index (χ0n) is 11.1. The zero-order valence-corrected chi connectivity index (χ0v) is 11.1. The van der Waals surface area contributed by atoms with E-state index in [4.69, 9.17) is 0 Å². The van der Waals surface area contributed by atoms with Gasteiger partial charge in [-0.1, -0.05) is 50.3 Å². The third kappa shape index (κ3) is 2.50. The van der Waals surface area contributed by atoms with Crippen molar-refractivity contribution < 1.29 is 4.79 Å². The quantitative estimate of drug-likeness (QED) is 0.771. The molecule has 1 aromatic carbocycles. The van der Waals surface area contributed by atoms with Crippen molar-refractivity contribution in [3.05, 3.63) is 34.9 Å². The van der Waals surface area contributed by atoms with E-state index in [1.54, 1.807) is 0 Å². The van der Waals surface area contributed by atoms with Gasteiger partial charge in [-0.15, -0.1) is 0 Å². The van der Waals surface area contributed by atoms with Crippen molar-refractivity contribution in [3.63, 3.8) is 0 Å². The second-order valence-corrected chi connectivity index (χ2v) is 5.96. The average molecular weight is 242 g/mol. The fourth-order valence-corrected chi connectivity index (χ4v) is 3.51. The van der Waals surface area contributed by atoms with Crippen LogP contribution in [0.25, 0.3) is 0 Å². The van der Waals surface area contributed by atoms with E-state index < -0.39 is 0 Å². The summed E-state index contributed by atoms with van der Waals surface area (Å²) in [5, 5.41) is 0. The first-order valence-corrected chi connectivity index (χ1v) is 7.48. The maximum atomic E-state index is 11.6. The maximum Gasteiger partial charge on any atom is 0.163 e. The molecule has 0 atom stereocenters. The van der Waals surface area contributed by atoms with E-state index in [0.717, 1.165) is 24.3 Å². The molecule has 0 aliphatic heterocycles. The summed E-state index contributed by atoms with van der Waals surface area (Å²) in [6.45, 7) is 0. The minimum atomic E-state index is 0.337. The fraction of sp³-hybridized carbons (Fsp3) is 0.588. The highest BCUT2D eigenvalue weighted by Crippen LogP contribution is 2.28. The highest BCUT2D eigenvalue weighted by Gasteiger charge is 2.19. The Morgan fingerprint density at radius 3 is 2.72 bits per heavy atom. The predicted molar refractivity (Wildman–Crippen MR) is 74.0 cm³/mol. The van der Waals surface area contributed by atoms with Gasteiger partial charge in [-0.05, 0) is 36.3 Å². The van der Waals surface area contributed by atoms with E-state index in [1.165, 1.54) is 56.1 Å².